The summed E-state index contributed by atoms with van der Waals surface area (Å²) in [5.74, 6) is -0.731. The van der Waals surface area contributed by atoms with Gasteiger partial charge >= 0.3 is 6.18 Å². The number of carbonyl (C=O) groups excluding carboxylic acids is 1. The second kappa shape index (κ2) is 6.23. The summed E-state index contributed by atoms with van der Waals surface area (Å²) in [4.78, 5) is 16.7. The maximum Gasteiger partial charge on any atom is 0.416 e. The van der Waals surface area contributed by atoms with Gasteiger partial charge in [0.25, 0.3) is 5.91 Å². The van der Waals surface area contributed by atoms with Crippen molar-refractivity contribution in [2.45, 2.75) is 31.7 Å². The van der Waals surface area contributed by atoms with Gasteiger partial charge in [-0.15, -0.1) is 0 Å². The van der Waals surface area contributed by atoms with E-state index in [1.54, 1.807) is 0 Å². The summed E-state index contributed by atoms with van der Waals surface area (Å²) in [5, 5.41) is 0. The quantitative estimate of drug-likeness (QED) is 0.870. The fourth-order valence-corrected chi connectivity index (χ4v) is 1.82. The van der Waals surface area contributed by atoms with Gasteiger partial charge < -0.3 is 4.74 Å². The van der Waals surface area contributed by atoms with Crippen LogP contribution in [0, 0.1) is 0 Å². The van der Waals surface area contributed by atoms with Crippen molar-refractivity contribution in [3.05, 3.63) is 35.4 Å². The van der Waals surface area contributed by atoms with E-state index in [1.807, 2.05) is 0 Å². The van der Waals surface area contributed by atoms with Gasteiger partial charge in [-0.2, -0.15) is 13.2 Å². The summed E-state index contributed by atoms with van der Waals surface area (Å²) in [7, 11) is 0. The SMILES string of the molecule is O=C(NO[C@H]1CCCCO1)c1cccc(C(F)(F)F)c1. The van der Waals surface area contributed by atoms with Crippen molar-refractivity contribution in [2.75, 3.05) is 6.61 Å². The molecule has 0 aliphatic carbocycles. The second-order valence-corrected chi connectivity index (χ2v) is 4.42. The van der Waals surface area contributed by atoms with Crippen LogP contribution in [0.2, 0.25) is 0 Å². The Morgan fingerprint density at radius 3 is 2.80 bits per heavy atom. The van der Waals surface area contributed by atoms with Crippen molar-refractivity contribution < 1.29 is 27.5 Å². The summed E-state index contributed by atoms with van der Waals surface area (Å²) < 4.78 is 42.8. The van der Waals surface area contributed by atoms with Gasteiger partial charge in [0.05, 0.1) is 5.56 Å². The van der Waals surface area contributed by atoms with Gasteiger partial charge in [-0.1, -0.05) is 6.07 Å². The first-order valence-electron chi connectivity index (χ1n) is 6.21. The van der Waals surface area contributed by atoms with E-state index in [4.69, 9.17) is 9.57 Å². The van der Waals surface area contributed by atoms with E-state index in [0.717, 1.165) is 25.0 Å². The summed E-state index contributed by atoms with van der Waals surface area (Å²) in [6.07, 6.45) is -2.53. The van der Waals surface area contributed by atoms with E-state index in [-0.39, 0.29) is 5.56 Å². The number of hydrogen-bond acceptors (Lipinski definition) is 3. The van der Waals surface area contributed by atoms with Crippen LogP contribution in [-0.2, 0) is 15.8 Å². The van der Waals surface area contributed by atoms with Gasteiger partial charge in [0.2, 0.25) is 0 Å². The number of carbonyl (C=O) groups is 1. The Hall–Kier alpha value is -1.60. The van der Waals surface area contributed by atoms with E-state index in [2.05, 4.69) is 5.48 Å². The molecule has 2 rings (SSSR count). The first kappa shape index (κ1) is 14.8. The molecule has 1 atom stereocenters. The van der Waals surface area contributed by atoms with Crippen LogP contribution in [0.25, 0.3) is 0 Å². The van der Waals surface area contributed by atoms with Crippen LogP contribution in [-0.4, -0.2) is 18.8 Å². The Labute approximate surface area is 113 Å². The van der Waals surface area contributed by atoms with E-state index in [1.165, 1.54) is 12.1 Å². The van der Waals surface area contributed by atoms with E-state index in [9.17, 15) is 18.0 Å². The van der Waals surface area contributed by atoms with E-state index < -0.39 is 23.9 Å². The lowest BCUT2D eigenvalue weighted by Gasteiger charge is -2.22. The van der Waals surface area contributed by atoms with Gasteiger partial charge in [0, 0.05) is 18.6 Å². The number of hydroxylamine groups is 1. The molecule has 1 N–H and O–H groups in total. The van der Waals surface area contributed by atoms with Gasteiger partial charge in [-0.05, 0) is 31.0 Å². The first-order valence-corrected chi connectivity index (χ1v) is 6.21. The van der Waals surface area contributed by atoms with Crippen molar-refractivity contribution in [3.8, 4) is 0 Å². The maximum absolute atomic E-state index is 12.5. The summed E-state index contributed by atoms with van der Waals surface area (Å²) >= 11 is 0. The van der Waals surface area contributed by atoms with Crippen molar-refractivity contribution in [3.63, 3.8) is 0 Å². The maximum atomic E-state index is 12.5. The molecule has 20 heavy (non-hydrogen) atoms. The highest BCUT2D eigenvalue weighted by Crippen LogP contribution is 2.29. The zero-order valence-corrected chi connectivity index (χ0v) is 10.6. The van der Waals surface area contributed by atoms with Gasteiger partial charge in [0.1, 0.15) is 0 Å². The summed E-state index contributed by atoms with van der Waals surface area (Å²) in [5.41, 5.74) is 1.13. The predicted molar refractivity (Wildman–Crippen MR) is 63.6 cm³/mol. The van der Waals surface area contributed by atoms with Crippen molar-refractivity contribution in [1.29, 1.82) is 0 Å². The minimum atomic E-state index is -4.48. The largest absolute Gasteiger partial charge is 0.416 e. The van der Waals surface area contributed by atoms with Crippen molar-refractivity contribution in [1.82, 2.24) is 5.48 Å². The van der Waals surface area contributed by atoms with Crippen LogP contribution < -0.4 is 5.48 Å². The second-order valence-electron chi connectivity index (χ2n) is 4.42. The fraction of sp³-hybridized carbons (Fsp3) is 0.462. The van der Waals surface area contributed by atoms with Gasteiger partial charge in [-0.3, -0.25) is 4.79 Å². The first-order chi connectivity index (χ1) is 9.47. The standard InChI is InChI=1S/C13H14F3NO3/c14-13(15,16)10-5-3-4-9(8-10)12(18)17-20-11-6-1-2-7-19-11/h3-5,8,11H,1-2,6-7H2,(H,17,18)/t11-/m0/s1. The van der Waals surface area contributed by atoms with Crippen LogP contribution in [0.1, 0.15) is 35.2 Å². The highest BCUT2D eigenvalue weighted by molar-refractivity contribution is 5.93. The molecular weight excluding hydrogens is 275 g/mol. The molecule has 0 saturated carbocycles. The number of hydrogen-bond donors (Lipinski definition) is 1. The topological polar surface area (TPSA) is 47.6 Å². The molecule has 1 amide bonds. The number of nitrogens with one attached hydrogen (secondary N) is 1. The lowest BCUT2D eigenvalue weighted by Crippen LogP contribution is -2.33. The van der Waals surface area contributed by atoms with Crippen molar-refractivity contribution in [2.24, 2.45) is 0 Å². The third kappa shape index (κ3) is 3.94. The molecule has 1 fully saturated rings. The molecule has 0 radical (unpaired) electrons. The Morgan fingerprint density at radius 1 is 1.35 bits per heavy atom. The smallest absolute Gasteiger partial charge is 0.350 e. The molecule has 1 heterocycles. The monoisotopic (exact) mass is 289 g/mol. The van der Waals surface area contributed by atoms with Crippen LogP contribution in [0.3, 0.4) is 0 Å². The Bertz CT molecular complexity index is 470. The van der Waals surface area contributed by atoms with Crippen molar-refractivity contribution >= 4 is 5.91 Å². The van der Waals surface area contributed by atoms with Gasteiger partial charge in [-0.25, -0.2) is 10.3 Å². The molecule has 0 spiro atoms. The number of benzene rings is 1. The molecule has 1 saturated heterocycles. The molecule has 0 aromatic heterocycles. The predicted octanol–water partition coefficient (Wildman–Crippen LogP) is 2.89. The molecule has 110 valence electrons. The third-order valence-electron chi connectivity index (χ3n) is 2.87. The highest BCUT2D eigenvalue weighted by Gasteiger charge is 2.31. The average molecular weight is 289 g/mol. The van der Waals surface area contributed by atoms with Crippen LogP contribution in [0.15, 0.2) is 24.3 Å². The molecule has 0 bridgehead atoms. The highest BCUT2D eigenvalue weighted by atomic mass is 19.4. The lowest BCUT2D eigenvalue weighted by molar-refractivity contribution is -0.186. The number of alkyl halides is 3. The zero-order valence-electron chi connectivity index (χ0n) is 10.6. The summed E-state index contributed by atoms with van der Waals surface area (Å²) in [6, 6.07) is 4.15. The molecular formula is C13H14F3NO3. The van der Waals surface area contributed by atoms with E-state index >= 15 is 0 Å². The summed E-state index contributed by atoms with van der Waals surface area (Å²) in [6.45, 7) is 0.546. The molecule has 1 aromatic rings. The Balaban J connectivity index is 1.95. The average Bonchev–Trinajstić information content (AvgIpc) is 2.45. The minimum absolute atomic E-state index is 0.115. The number of amides is 1. The number of halogens is 3. The molecule has 1 aromatic carbocycles. The molecule has 1 aliphatic heterocycles. The lowest BCUT2D eigenvalue weighted by atomic mass is 10.1. The minimum Gasteiger partial charge on any atom is -0.350 e. The molecule has 0 unspecified atom stereocenters. The molecule has 1 aliphatic rings. The number of rotatable bonds is 3. The van der Waals surface area contributed by atoms with Crippen LogP contribution >= 0.6 is 0 Å². The Morgan fingerprint density at radius 2 is 2.15 bits per heavy atom. The third-order valence-corrected chi connectivity index (χ3v) is 2.87. The normalized spacial score (nSPS) is 19.6. The van der Waals surface area contributed by atoms with E-state index in [0.29, 0.717) is 13.0 Å². The molecule has 4 nitrogen and oxygen atoms in total. The fourth-order valence-electron chi connectivity index (χ4n) is 1.82. The Kier molecular flexibility index (Phi) is 4.61. The molecule has 7 heteroatoms. The van der Waals surface area contributed by atoms with Gasteiger partial charge in [0.15, 0.2) is 6.29 Å². The van der Waals surface area contributed by atoms with Crippen LogP contribution in [0.4, 0.5) is 13.2 Å². The zero-order chi connectivity index (χ0) is 14.6. The van der Waals surface area contributed by atoms with Crippen LogP contribution in [0.5, 0.6) is 0 Å². The number of ether oxygens (including phenoxy) is 1.